The quantitative estimate of drug-likeness (QED) is 0.718. The number of amides is 1. The van der Waals surface area contributed by atoms with E-state index in [1.54, 1.807) is 0 Å². The Morgan fingerprint density at radius 3 is 2.65 bits per heavy atom. The summed E-state index contributed by atoms with van der Waals surface area (Å²) in [5.41, 5.74) is 2.79. The molecule has 0 unspecified atom stereocenters. The number of carbonyl (C=O) groups is 1. The van der Waals surface area contributed by atoms with Crippen LogP contribution in [0.1, 0.15) is 31.9 Å². The Hall–Kier alpha value is -2.79. The fourth-order valence-corrected chi connectivity index (χ4v) is 2.71. The zero-order valence-electron chi connectivity index (χ0n) is 15.2. The van der Waals surface area contributed by atoms with Gasteiger partial charge in [-0.25, -0.2) is 4.79 Å². The number of furan rings is 1. The van der Waals surface area contributed by atoms with Crippen LogP contribution >= 0.6 is 0 Å². The lowest BCUT2D eigenvalue weighted by Gasteiger charge is -2.19. The third-order valence-corrected chi connectivity index (χ3v) is 3.84. The Morgan fingerprint density at radius 1 is 1.15 bits per heavy atom. The van der Waals surface area contributed by atoms with E-state index in [4.69, 9.17) is 9.15 Å². The van der Waals surface area contributed by atoms with E-state index in [1.165, 1.54) is 0 Å². The van der Waals surface area contributed by atoms with Crippen LogP contribution in [-0.2, 0) is 17.9 Å². The molecule has 5 nitrogen and oxygen atoms in total. The SMILES string of the molecule is CC(C)(C)OC(=O)NCc1cccc(-c2cc3cccc(CO)c3o2)c1. The van der Waals surface area contributed by atoms with Crippen LogP contribution in [0, 0.1) is 0 Å². The molecule has 1 heterocycles. The lowest BCUT2D eigenvalue weighted by molar-refractivity contribution is 0.0523. The molecule has 136 valence electrons. The minimum absolute atomic E-state index is 0.0653. The Kier molecular flexibility index (Phi) is 5.00. The van der Waals surface area contributed by atoms with Gasteiger partial charge in [0, 0.05) is 23.1 Å². The van der Waals surface area contributed by atoms with Gasteiger partial charge >= 0.3 is 6.09 Å². The maximum atomic E-state index is 11.8. The minimum atomic E-state index is -0.523. The van der Waals surface area contributed by atoms with E-state index in [1.807, 2.05) is 69.3 Å². The fourth-order valence-electron chi connectivity index (χ4n) is 2.71. The van der Waals surface area contributed by atoms with Crippen LogP contribution < -0.4 is 5.32 Å². The first kappa shape index (κ1) is 18.0. The Morgan fingerprint density at radius 2 is 1.92 bits per heavy atom. The molecule has 3 aromatic rings. The van der Waals surface area contributed by atoms with Gasteiger partial charge in [-0.05, 0) is 38.5 Å². The van der Waals surface area contributed by atoms with E-state index in [9.17, 15) is 9.90 Å². The van der Waals surface area contributed by atoms with Gasteiger partial charge in [0.05, 0.1) is 6.61 Å². The summed E-state index contributed by atoms with van der Waals surface area (Å²) >= 11 is 0. The summed E-state index contributed by atoms with van der Waals surface area (Å²) < 4.78 is 11.2. The van der Waals surface area contributed by atoms with Crippen molar-refractivity contribution in [3.8, 4) is 11.3 Å². The first-order chi connectivity index (χ1) is 12.4. The van der Waals surface area contributed by atoms with Gasteiger partial charge in [0.25, 0.3) is 0 Å². The minimum Gasteiger partial charge on any atom is -0.456 e. The highest BCUT2D eigenvalue weighted by atomic mass is 16.6. The number of aliphatic hydroxyl groups excluding tert-OH is 1. The predicted octanol–water partition coefficient (Wildman–Crippen LogP) is 4.62. The largest absolute Gasteiger partial charge is 0.456 e. The molecule has 0 spiro atoms. The van der Waals surface area contributed by atoms with Crippen LogP contribution in [0.4, 0.5) is 4.79 Å². The predicted molar refractivity (Wildman–Crippen MR) is 101 cm³/mol. The Balaban J connectivity index is 1.78. The molecule has 0 fully saturated rings. The molecular weight excluding hydrogens is 330 g/mol. The van der Waals surface area contributed by atoms with Crippen molar-refractivity contribution in [1.82, 2.24) is 5.32 Å². The molecule has 5 heteroatoms. The number of hydrogen-bond acceptors (Lipinski definition) is 4. The molecule has 0 atom stereocenters. The molecule has 2 aromatic carbocycles. The summed E-state index contributed by atoms with van der Waals surface area (Å²) in [7, 11) is 0. The number of aliphatic hydroxyl groups is 1. The molecule has 1 aromatic heterocycles. The average molecular weight is 353 g/mol. The lowest BCUT2D eigenvalue weighted by atomic mass is 10.1. The molecule has 2 N–H and O–H groups in total. The van der Waals surface area contributed by atoms with Crippen LogP contribution in [-0.4, -0.2) is 16.8 Å². The number of rotatable bonds is 4. The van der Waals surface area contributed by atoms with E-state index in [0.29, 0.717) is 12.1 Å². The number of para-hydroxylation sites is 1. The van der Waals surface area contributed by atoms with Gasteiger partial charge in [0.1, 0.15) is 16.9 Å². The summed E-state index contributed by atoms with van der Waals surface area (Å²) in [4.78, 5) is 11.8. The maximum Gasteiger partial charge on any atom is 0.407 e. The topological polar surface area (TPSA) is 71.7 Å². The van der Waals surface area contributed by atoms with E-state index >= 15 is 0 Å². The number of benzene rings is 2. The number of alkyl carbamates (subject to hydrolysis) is 1. The summed E-state index contributed by atoms with van der Waals surface area (Å²) in [6, 6.07) is 15.4. The summed E-state index contributed by atoms with van der Waals surface area (Å²) in [6.45, 7) is 5.79. The van der Waals surface area contributed by atoms with Crippen molar-refractivity contribution in [2.75, 3.05) is 0 Å². The number of nitrogens with one attached hydrogen (secondary N) is 1. The van der Waals surface area contributed by atoms with Crippen molar-refractivity contribution in [3.63, 3.8) is 0 Å². The van der Waals surface area contributed by atoms with Gasteiger partial charge in [0.15, 0.2) is 0 Å². The van der Waals surface area contributed by atoms with Crippen LogP contribution in [0.5, 0.6) is 0 Å². The molecule has 0 radical (unpaired) electrons. The van der Waals surface area contributed by atoms with E-state index in [2.05, 4.69) is 5.32 Å². The molecule has 0 aliphatic heterocycles. The highest BCUT2D eigenvalue weighted by molar-refractivity contribution is 5.85. The second-order valence-electron chi connectivity index (χ2n) is 7.16. The number of fused-ring (bicyclic) bond motifs is 1. The first-order valence-corrected chi connectivity index (χ1v) is 8.54. The molecule has 1 amide bonds. The van der Waals surface area contributed by atoms with E-state index in [-0.39, 0.29) is 6.61 Å². The van der Waals surface area contributed by atoms with Crippen LogP contribution in [0.25, 0.3) is 22.3 Å². The fraction of sp³-hybridized carbons (Fsp3) is 0.286. The zero-order valence-corrected chi connectivity index (χ0v) is 15.2. The number of ether oxygens (including phenoxy) is 1. The van der Waals surface area contributed by atoms with Gasteiger partial charge in [-0.2, -0.15) is 0 Å². The Labute approximate surface area is 152 Å². The molecule has 0 bridgehead atoms. The summed E-state index contributed by atoms with van der Waals surface area (Å²) in [6.07, 6.45) is -0.445. The summed E-state index contributed by atoms with van der Waals surface area (Å²) in [5, 5.41) is 13.2. The Bertz CT molecular complexity index is 921. The average Bonchev–Trinajstić information content (AvgIpc) is 3.03. The van der Waals surface area contributed by atoms with Crippen molar-refractivity contribution in [2.24, 2.45) is 0 Å². The molecule has 3 rings (SSSR count). The molecule has 0 saturated heterocycles. The molecule has 26 heavy (non-hydrogen) atoms. The van der Waals surface area contributed by atoms with Gasteiger partial charge in [-0.15, -0.1) is 0 Å². The molecule has 0 aliphatic carbocycles. The molecule has 0 saturated carbocycles. The molecule has 0 aliphatic rings. The number of hydrogen-bond donors (Lipinski definition) is 2. The highest BCUT2D eigenvalue weighted by Gasteiger charge is 2.16. The summed E-state index contributed by atoms with van der Waals surface area (Å²) in [5.74, 6) is 0.722. The third kappa shape index (κ3) is 4.24. The van der Waals surface area contributed by atoms with E-state index < -0.39 is 11.7 Å². The van der Waals surface area contributed by atoms with Gasteiger partial charge in [-0.1, -0.05) is 36.4 Å². The van der Waals surface area contributed by atoms with Crippen LogP contribution in [0.2, 0.25) is 0 Å². The lowest BCUT2D eigenvalue weighted by Crippen LogP contribution is -2.32. The number of carbonyl (C=O) groups excluding carboxylic acids is 1. The normalized spacial score (nSPS) is 11.5. The molecular formula is C21H23NO4. The van der Waals surface area contributed by atoms with Crippen molar-refractivity contribution < 1.29 is 19.1 Å². The second kappa shape index (κ2) is 7.22. The maximum absolute atomic E-state index is 11.8. The zero-order chi connectivity index (χ0) is 18.7. The smallest absolute Gasteiger partial charge is 0.407 e. The standard InChI is InChI=1S/C21H23NO4/c1-21(2,3)26-20(24)22-12-14-6-4-7-15(10-14)18-11-16-8-5-9-17(13-23)19(16)25-18/h4-11,23H,12-13H2,1-3H3,(H,22,24). The van der Waals surface area contributed by atoms with E-state index in [0.717, 1.165) is 27.8 Å². The third-order valence-electron chi connectivity index (χ3n) is 3.84. The van der Waals surface area contributed by atoms with Crippen molar-refractivity contribution >= 4 is 17.1 Å². The van der Waals surface area contributed by atoms with Crippen molar-refractivity contribution in [3.05, 3.63) is 59.7 Å². The van der Waals surface area contributed by atoms with Crippen molar-refractivity contribution in [1.29, 1.82) is 0 Å². The van der Waals surface area contributed by atoms with Gasteiger partial charge < -0.3 is 19.6 Å². The van der Waals surface area contributed by atoms with Crippen LogP contribution in [0.15, 0.2) is 52.9 Å². The first-order valence-electron chi connectivity index (χ1n) is 8.54. The van der Waals surface area contributed by atoms with Crippen molar-refractivity contribution in [2.45, 2.75) is 39.5 Å². The second-order valence-corrected chi connectivity index (χ2v) is 7.16. The van der Waals surface area contributed by atoms with Gasteiger partial charge in [-0.3, -0.25) is 0 Å². The monoisotopic (exact) mass is 353 g/mol. The van der Waals surface area contributed by atoms with Crippen LogP contribution in [0.3, 0.4) is 0 Å². The van der Waals surface area contributed by atoms with Gasteiger partial charge in [0.2, 0.25) is 0 Å². The highest BCUT2D eigenvalue weighted by Crippen LogP contribution is 2.30.